The first-order chi connectivity index (χ1) is 12.7. The summed E-state index contributed by atoms with van der Waals surface area (Å²) < 4.78 is 4.82. The van der Waals surface area contributed by atoms with E-state index in [-0.39, 0.29) is 0 Å². The predicted molar refractivity (Wildman–Crippen MR) is 105 cm³/mol. The summed E-state index contributed by atoms with van der Waals surface area (Å²) in [6.45, 7) is 2.01. The monoisotopic (exact) mass is 384 g/mol. The summed E-state index contributed by atoms with van der Waals surface area (Å²) in [4.78, 5) is 7.30. The molecule has 5 nitrogen and oxygen atoms in total. The minimum atomic E-state index is 0.610. The molecule has 1 unspecified atom stereocenters. The van der Waals surface area contributed by atoms with Crippen LogP contribution in [0.5, 0.6) is 0 Å². The molecule has 0 spiro atoms. The van der Waals surface area contributed by atoms with Crippen molar-refractivity contribution in [2.24, 2.45) is 13.0 Å². The van der Waals surface area contributed by atoms with Gasteiger partial charge in [0, 0.05) is 47.8 Å². The van der Waals surface area contributed by atoms with Gasteiger partial charge in [0.25, 0.3) is 0 Å². The molecule has 2 atom stereocenters. The van der Waals surface area contributed by atoms with Gasteiger partial charge in [-0.15, -0.1) is 16.4 Å². The molecule has 4 heterocycles. The van der Waals surface area contributed by atoms with Gasteiger partial charge in [-0.3, -0.25) is 4.98 Å². The van der Waals surface area contributed by atoms with E-state index in [4.69, 9.17) is 17.3 Å². The van der Waals surface area contributed by atoms with Gasteiger partial charge in [-0.1, -0.05) is 0 Å². The van der Waals surface area contributed by atoms with Gasteiger partial charge in [0.2, 0.25) is 4.77 Å². The zero-order chi connectivity index (χ0) is 17.7. The number of thiophene rings is 1. The number of aromatic nitrogens is 4. The molecule has 0 amide bonds. The van der Waals surface area contributed by atoms with E-state index in [9.17, 15) is 0 Å². The first-order valence-electron chi connectivity index (χ1n) is 9.17. The molecule has 0 saturated heterocycles. The average molecular weight is 385 g/mol. The van der Waals surface area contributed by atoms with Crippen LogP contribution in [-0.2, 0) is 20.1 Å². The maximum absolute atomic E-state index is 5.70. The van der Waals surface area contributed by atoms with Crippen molar-refractivity contribution in [2.75, 3.05) is 6.54 Å². The first-order valence-corrected chi connectivity index (χ1v) is 10.5. The first kappa shape index (κ1) is 16.4. The fourth-order valence-corrected chi connectivity index (χ4v) is 5.33. The summed E-state index contributed by atoms with van der Waals surface area (Å²) in [5.41, 5.74) is 2.63. The second kappa shape index (κ2) is 6.40. The average Bonchev–Trinajstić information content (AvgIpc) is 3.33. The van der Waals surface area contributed by atoms with Gasteiger partial charge in [-0.2, -0.15) is 4.68 Å². The van der Waals surface area contributed by atoms with Gasteiger partial charge in [-0.25, -0.2) is 0 Å². The van der Waals surface area contributed by atoms with Gasteiger partial charge in [-0.05, 0) is 48.6 Å². The van der Waals surface area contributed by atoms with E-state index in [1.165, 1.54) is 19.3 Å². The highest BCUT2D eigenvalue weighted by Gasteiger charge is 2.43. The third-order valence-electron chi connectivity index (χ3n) is 5.65. The summed E-state index contributed by atoms with van der Waals surface area (Å²) >= 11 is 7.62. The molecule has 3 aromatic heterocycles. The lowest BCUT2D eigenvalue weighted by Gasteiger charge is -2.32. The zero-order valence-corrected chi connectivity index (χ0v) is 16.4. The predicted octanol–water partition coefficient (Wildman–Crippen LogP) is 2.62. The Labute approximate surface area is 161 Å². The standard InChI is InChI=1S/C19H21N5S2/c1-22-18(14-4-8-20-9-5-14)21-24(19(22)25)12-23-10-6-16-15(7-11-26-16)17(23)13-2-3-13/h4-5,7-9,11,13,17H,2-3,6,10,12H2,1H3/p+1/t17-/m1/s1. The SMILES string of the molecule is Cn1c(-c2ccncc2)nn(C[NH+]2CCc3sccc3[C@H]2C2CC2)c1=S. The van der Waals surface area contributed by atoms with E-state index in [1.807, 2.05) is 39.8 Å². The Balaban J connectivity index is 1.47. The van der Waals surface area contributed by atoms with Crippen molar-refractivity contribution < 1.29 is 4.90 Å². The molecule has 26 heavy (non-hydrogen) atoms. The summed E-state index contributed by atoms with van der Waals surface area (Å²) in [5, 5.41) is 7.12. The van der Waals surface area contributed by atoms with Gasteiger partial charge < -0.3 is 9.47 Å². The number of rotatable bonds is 4. The molecular weight excluding hydrogens is 362 g/mol. The van der Waals surface area contributed by atoms with Crippen LogP contribution in [0.4, 0.5) is 0 Å². The van der Waals surface area contributed by atoms with E-state index in [1.54, 1.807) is 27.7 Å². The lowest BCUT2D eigenvalue weighted by atomic mass is 9.96. The number of nitrogens with zero attached hydrogens (tertiary/aromatic N) is 4. The number of hydrogen-bond donors (Lipinski definition) is 1. The van der Waals surface area contributed by atoms with Crippen molar-refractivity contribution in [1.82, 2.24) is 19.3 Å². The summed E-state index contributed by atoms with van der Waals surface area (Å²) in [5.74, 6) is 1.74. The molecule has 0 radical (unpaired) electrons. The van der Waals surface area contributed by atoms with E-state index < -0.39 is 0 Å². The van der Waals surface area contributed by atoms with Gasteiger partial charge in [0.1, 0.15) is 6.04 Å². The van der Waals surface area contributed by atoms with Crippen molar-refractivity contribution in [3.05, 3.63) is 51.2 Å². The van der Waals surface area contributed by atoms with Crippen LogP contribution in [0.25, 0.3) is 11.4 Å². The highest BCUT2D eigenvalue weighted by molar-refractivity contribution is 7.71. The Morgan fingerprint density at radius 1 is 1.27 bits per heavy atom. The summed E-state index contributed by atoms with van der Waals surface area (Å²) in [6, 6.07) is 6.93. The van der Waals surface area contributed by atoms with Crippen molar-refractivity contribution in [1.29, 1.82) is 0 Å². The van der Waals surface area contributed by atoms with Crippen molar-refractivity contribution in [3.63, 3.8) is 0 Å². The molecule has 0 aromatic carbocycles. The Morgan fingerprint density at radius 2 is 2.08 bits per heavy atom. The third kappa shape index (κ3) is 2.74. The molecule has 1 N–H and O–H groups in total. The van der Waals surface area contributed by atoms with E-state index in [0.29, 0.717) is 6.04 Å². The van der Waals surface area contributed by atoms with Crippen LogP contribution in [0.15, 0.2) is 36.0 Å². The molecular formula is C19H22N5S2+. The second-order valence-corrected chi connectivity index (χ2v) is 8.70. The van der Waals surface area contributed by atoms with Crippen molar-refractivity contribution in [2.45, 2.75) is 32.0 Å². The second-order valence-electron chi connectivity index (χ2n) is 7.33. The third-order valence-corrected chi connectivity index (χ3v) is 7.13. The van der Waals surface area contributed by atoms with E-state index in [2.05, 4.69) is 16.4 Å². The van der Waals surface area contributed by atoms with Crippen LogP contribution >= 0.6 is 23.6 Å². The lowest BCUT2D eigenvalue weighted by molar-refractivity contribution is -0.958. The molecule has 1 fully saturated rings. The van der Waals surface area contributed by atoms with Crippen molar-refractivity contribution >= 4 is 23.6 Å². The molecule has 1 aliphatic carbocycles. The van der Waals surface area contributed by atoms with Gasteiger partial charge in [0.05, 0.1) is 6.54 Å². The normalized spacial score (nSPS) is 22.3. The fraction of sp³-hybridized carbons (Fsp3) is 0.421. The van der Waals surface area contributed by atoms with Crippen LogP contribution in [0.2, 0.25) is 0 Å². The van der Waals surface area contributed by atoms with Crippen LogP contribution in [-0.4, -0.2) is 25.9 Å². The Morgan fingerprint density at radius 3 is 2.85 bits per heavy atom. The molecule has 134 valence electrons. The molecule has 3 aromatic rings. The molecule has 0 bridgehead atoms. The van der Waals surface area contributed by atoms with E-state index in [0.717, 1.165) is 35.3 Å². The topological polar surface area (TPSA) is 40.1 Å². The minimum Gasteiger partial charge on any atom is -0.310 e. The quantitative estimate of drug-likeness (QED) is 0.703. The Hall–Kier alpha value is -1.83. The molecule has 1 aliphatic heterocycles. The van der Waals surface area contributed by atoms with Crippen LogP contribution in [0, 0.1) is 10.7 Å². The van der Waals surface area contributed by atoms with Crippen LogP contribution in [0.1, 0.15) is 29.3 Å². The molecule has 2 aliphatic rings. The summed E-state index contributed by atoms with van der Waals surface area (Å²) in [7, 11) is 2.00. The highest BCUT2D eigenvalue weighted by atomic mass is 32.1. The van der Waals surface area contributed by atoms with E-state index >= 15 is 0 Å². The summed E-state index contributed by atoms with van der Waals surface area (Å²) in [6.07, 6.45) is 7.49. The molecule has 7 heteroatoms. The largest absolute Gasteiger partial charge is 0.310 e. The number of pyridine rings is 1. The maximum atomic E-state index is 5.70. The molecule has 5 rings (SSSR count). The highest BCUT2D eigenvalue weighted by Crippen LogP contribution is 2.42. The Kier molecular flexibility index (Phi) is 4.03. The minimum absolute atomic E-state index is 0.610. The number of fused-ring (bicyclic) bond motifs is 1. The Bertz CT molecular complexity index is 983. The van der Waals surface area contributed by atoms with Crippen LogP contribution in [0.3, 0.4) is 0 Å². The fourth-order valence-electron chi connectivity index (χ4n) is 4.21. The number of nitrogens with one attached hydrogen (secondary N) is 1. The zero-order valence-electron chi connectivity index (χ0n) is 14.8. The van der Waals surface area contributed by atoms with Gasteiger partial charge >= 0.3 is 0 Å². The number of hydrogen-bond acceptors (Lipinski definition) is 4. The maximum Gasteiger partial charge on any atom is 0.202 e. The lowest BCUT2D eigenvalue weighted by Crippen LogP contribution is -3.13. The smallest absolute Gasteiger partial charge is 0.202 e. The van der Waals surface area contributed by atoms with Gasteiger partial charge in [0.15, 0.2) is 12.5 Å². The number of quaternary nitrogens is 1. The van der Waals surface area contributed by atoms with Crippen LogP contribution < -0.4 is 4.90 Å². The molecule has 1 saturated carbocycles. The van der Waals surface area contributed by atoms with Crippen molar-refractivity contribution in [3.8, 4) is 11.4 Å².